The van der Waals surface area contributed by atoms with Crippen LogP contribution in [0.3, 0.4) is 0 Å². The first-order valence-electron chi connectivity index (χ1n) is 9.44. The fourth-order valence-corrected chi connectivity index (χ4v) is 3.32. The van der Waals surface area contributed by atoms with Crippen LogP contribution >= 0.6 is 11.6 Å². The second-order valence-electron chi connectivity index (χ2n) is 7.10. The van der Waals surface area contributed by atoms with Gasteiger partial charge in [0.2, 0.25) is 5.91 Å². The van der Waals surface area contributed by atoms with E-state index in [4.69, 9.17) is 11.6 Å². The van der Waals surface area contributed by atoms with Crippen LogP contribution in [0.5, 0.6) is 0 Å². The molecule has 1 aliphatic rings. The zero-order valence-electron chi connectivity index (χ0n) is 15.9. The van der Waals surface area contributed by atoms with E-state index in [9.17, 15) is 9.59 Å². The quantitative estimate of drug-likeness (QED) is 0.693. The van der Waals surface area contributed by atoms with Crippen molar-refractivity contribution in [3.8, 4) is 0 Å². The van der Waals surface area contributed by atoms with Gasteiger partial charge in [0.15, 0.2) is 0 Å². The summed E-state index contributed by atoms with van der Waals surface area (Å²) < 4.78 is 2.03. The number of halogens is 1. The molecule has 1 aromatic carbocycles. The van der Waals surface area contributed by atoms with Crippen LogP contribution < -0.4 is 0 Å². The van der Waals surface area contributed by atoms with Gasteiger partial charge in [0.05, 0.1) is 6.54 Å². The highest BCUT2D eigenvalue weighted by molar-refractivity contribution is 6.30. The molecular formula is C21H26ClN3O2. The third-order valence-corrected chi connectivity index (χ3v) is 5.14. The van der Waals surface area contributed by atoms with E-state index in [1.165, 1.54) is 0 Å². The van der Waals surface area contributed by atoms with Crippen LogP contribution in [0.1, 0.15) is 42.2 Å². The van der Waals surface area contributed by atoms with Crippen molar-refractivity contribution in [1.29, 1.82) is 0 Å². The summed E-state index contributed by atoms with van der Waals surface area (Å²) in [4.78, 5) is 29.5. The molecule has 5 nitrogen and oxygen atoms in total. The first kappa shape index (κ1) is 19.5. The van der Waals surface area contributed by atoms with E-state index in [0.717, 1.165) is 25.0 Å². The molecule has 0 radical (unpaired) electrons. The van der Waals surface area contributed by atoms with Crippen LogP contribution in [-0.2, 0) is 18.4 Å². The van der Waals surface area contributed by atoms with Crippen molar-refractivity contribution in [2.45, 2.75) is 38.8 Å². The fourth-order valence-electron chi connectivity index (χ4n) is 3.19. The van der Waals surface area contributed by atoms with Crippen molar-refractivity contribution in [3.63, 3.8) is 0 Å². The topological polar surface area (TPSA) is 45.6 Å². The molecule has 0 N–H and O–H groups in total. The van der Waals surface area contributed by atoms with Crippen molar-refractivity contribution < 1.29 is 9.59 Å². The van der Waals surface area contributed by atoms with Crippen LogP contribution in [0.4, 0.5) is 0 Å². The molecule has 1 fully saturated rings. The number of carbonyl (C=O) groups excluding carboxylic acids is 2. The number of aromatic nitrogens is 1. The van der Waals surface area contributed by atoms with Gasteiger partial charge in [-0.1, -0.05) is 18.5 Å². The Morgan fingerprint density at radius 3 is 2.44 bits per heavy atom. The molecule has 1 aromatic heterocycles. The maximum Gasteiger partial charge on any atom is 0.254 e. The van der Waals surface area contributed by atoms with Crippen LogP contribution in [0, 0.1) is 0 Å². The average Bonchev–Trinajstić information content (AvgIpc) is 3.41. The number of aryl methyl sites for hydroxylation is 1. The van der Waals surface area contributed by atoms with E-state index >= 15 is 0 Å². The lowest BCUT2D eigenvalue weighted by molar-refractivity contribution is -0.133. The van der Waals surface area contributed by atoms with Crippen LogP contribution in [0.25, 0.3) is 0 Å². The Morgan fingerprint density at radius 1 is 1.19 bits per heavy atom. The van der Waals surface area contributed by atoms with Gasteiger partial charge in [-0.25, -0.2) is 0 Å². The minimum Gasteiger partial charge on any atom is -0.353 e. The molecule has 1 saturated carbocycles. The molecule has 0 spiro atoms. The molecule has 0 unspecified atom stereocenters. The highest BCUT2D eigenvalue weighted by atomic mass is 35.5. The van der Waals surface area contributed by atoms with Gasteiger partial charge in [-0.05, 0) is 55.7 Å². The zero-order valence-corrected chi connectivity index (χ0v) is 16.7. The van der Waals surface area contributed by atoms with Crippen LogP contribution in [-0.4, -0.2) is 45.3 Å². The second-order valence-corrected chi connectivity index (χ2v) is 7.53. The van der Waals surface area contributed by atoms with Gasteiger partial charge >= 0.3 is 0 Å². The third-order valence-electron chi connectivity index (χ3n) is 4.89. The predicted molar refractivity (Wildman–Crippen MR) is 107 cm³/mol. The standard InChI is InChI=1S/C21H26ClN3O2/c1-3-12-24(21(27)16-6-8-17(22)9-7-16)15-20(26)25(18-10-11-18)14-19-5-4-13-23(19)2/h4-9,13,18H,3,10-12,14-15H2,1-2H3. The normalized spacial score (nSPS) is 13.4. The smallest absolute Gasteiger partial charge is 0.254 e. The summed E-state index contributed by atoms with van der Waals surface area (Å²) >= 11 is 5.92. The Bertz CT molecular complexity index is 796. The summed E-state index contributed by atoms with van der Waals surface area (Å²) in [7, 11) is 1.98. The summed E-state index contributed by atoms with van der Waals surface area (Å²) in [6.07, 6.45) is 4.86. The van der Waals surface area contributed by atoms with Gasteiger partial charge in [-0.2, -0.15) is 0 Å². The van der Waals surface area contributed by atoms with E-state index in [0.29, 0.717) is 29.7 Å². The third kappa shape index (κ3) is 4.92. The number of nitrogens with zero attached hydrogens (tertiary/aromatic N) is 3. The highest BCUT2D eigenvalue weighted by Crippen LogP contribution is 2.28. The molecule has 2 amide bonds. The number of benzene rings is 1. The van der Waals surface area contributed by atoms with E-state index in [1.807, 2.05) is 41.8 Å². The van der Waals surface area contributed by atoms with Gasteiger partial charge in [0.25, 0.3) is 5.91 Å². The summed E-state index contributed by atoms with van der Waals surface area (Å²) in [5.74, 6) is -0.119. The molecule has 3 rings (SSSR count). The van der Waals surface area contributed by atoms with Crippen molar-refractivity contribution in [2.75, 3.05) is 13.1 Å². The maximum absolute atomic E-state index is 13.0. The molecule has 0 atom stereocenters. The number of hydrogen-bond donors (Lipinski definition) is 0. The largest absolute Gasteiger partial charge is 0.353 e. The molecule has 2 aromatic rings. The number of carbonyl (C=O) groups is 2. The van der Waals surface area contributed by atoms with Gasteiger partial charge in [-0.3, -0.25) is 9.59 Å². The van der Waals surface area contributed by atoms with Crippen LogP contribution in [0.2, 0.25) is 5.02 Å². The lowest BCUT2D eigenvalue weighted by Crippen LogP contribution is -2.44. The van der Waals surface area contributed by atoms with Gasteiger partial charge < -0.3 is 14.4 Å². The minimum absolute atomic E-state index is 0.00876. The lowest BCUT2D eigenvalue weighted by Gasteiger charge is -2.28. The second kappa shape index (κ2) is 8.61. The predicted octanol–water partition coefficient (Wildman–Crippen LogP) is 3.72. The molecule has 0 aliphatic heterocycles. The summed E-state index contributed by atoms with van der Waals surface area (Å²) in [6.45, 7) is 3.25. The van der Waals surface area contributed by atoms with E-state index in [-0.39, 0.29) is 18.4 Å². The maximum atomic E-state index is 13.0. The number of rotatable bonds is 8. The Morgan fingerprint density at radius 2 is 1.89 bits per heavy atom. The molecule has 27 heavy (non-hydrogen) atoms. The van der Waals surface area contributed by atoms with E-state index < -0.39 is 0 Å². The summed E-state index contributed by atoms with van der Waals surface area (Å²) in [5.41, 5.74) is 1.65. The van der Waals surface area contributed by atoms with Gasteiger partial charge in [0, 0.05) is 42.1 Å². The number of amides is 2. The van der Waals surface area contributed by atoms with Crippen molar-refractivity contribution >= 4 is 23.4 Å². The van der Waals surface area contributed by atoms with Gasteiger partial charge in [0.1, 0.15) is 6.54 Å². The molecule has 0 bridgehead atoms. The van der Waals surface area contributed by atoms with Crippen LogP contribution in [0.15, 0.2) is 42.6 Å². The van der Waals surface area contributed by atoms with E-state index in [1.54, 1.807) is 29.2 Å². The zero-order chi connectivity index (χ0) is 19.4. The van der Waals surface area contributed by atoms with Crippen molar-refractivity contribution in [3.05, 3.63) is 58.9 Å². The summed E-state index contributed by atoms with van der Waals surface area (Å²) in [6, 6.07) is 11.1. The van der Waals surface area contributed by atoms with Crippen molar-refractivity contribution in [1.82, 2.24) is 14.4 Å². The Labute approximate surface area is 165 Å². The highest BCUT2D eigenvalue weighted by Gasteiger charge is 2.34. The molecule has 6 heteroatoms. The molecule has 1 heterocycles. The first-order valence-corrected chi connectivity index (χ1v) is 9.82. The first-order chi connectivity index (χ1) is 13.0. The Kier molecular flexibility index (Phi) is 6.22. The minimum atomic E-state index is -0.128. The van der Waals surface area contributed by atoms with Crippen molar-refractivity contribution in [2.24, 2.45) is 7.05 Å². The fraction of sp³-hybridized carbons (Fsp3) is 0.429. The molecule has 144 valence electrons. The summed E-state index contributed by atoms with van der Waals surface area (Å²) in [5, 5.41) is 0.590. The Balaban J connectivity index is 1.72. The lowest BCUT2D eigenvalue weighted by atomic mass is 10.2. The molecular weight excluding hydrogens is 362 g/mol. The monoisotopic (exact) mass is 387 g/mol. The average molecular weight is 388 g/mol. The molecule has 0 saturated heterocycles. The Hall–Kier alpha value is -2.27. The molecule has 1 aliphatic carbocycles. The van der Waals surface area contributed by atoms with Gasteiger partial charge in [-0.15, -0.1) is 0 Å². The van der Waals surface area contributed by atoms with E-state index in [2.05, 4.69) is 0 Å². The SMILES string of the molecule is CCCN(CC(=O)N(Cc1cccn1C)C1CC1)C(=O)c1ccc(Cl)cc1. The number of hydrogen-bond acceptors (Lipinski definition) is 2.